The molecule has 130 valence electrons. The van der Waals surface area contributed by atoms with Gasteiger partial charge >= 0.3 is 0 Å². The Morgan fingerprint density at radius 2 is 1.84 bits per heavy atom. The number of benzene rings is 2. The van der Waals surface area contributed by atoms with Crippen molar-refractivity contribution in [3.63, 3.8) is 0 Å². The van der Waals surface area contributed by atoms with Crippen LogP contribution in [-0.2, 0) is 6.42 Å². The molecular weight excluding hydrogens is 319 g/mol. The number of anilines is 2. The van der Waals surface area contributed by atoms with Crippen molar-refractivity contribution in [3.05, 3.63) is 59.9 Å². The number of hydrogen-bond donors (Lipinski definition) is 3. The average molecular weight is 340 g/mol. The third-order valence-corrected chi connectivity index (χ3v) is 3.82. The topological polar surface area (TPSA) is 70.1 Å². The fourth-order valence-corrected chi connectivity index (χ4v) is 2.59. The first-order valence-corrected chi connectivity index (χ1v) is 8.36. The summed E-state index contributed by atoms with van der Waals surface area (Å²) in [6, 6.07) is 14.4. The Hall–Kier alpha value is -2.73. The summed E-state index contributed by atoms with van der Waals surface area (Å²) < 4.78 is 13.2. The van der Waals surface area contributed by atoms with Crippen molar-refractivity contribution in [2.24, 2.45) is 0 Å². The minimum absolute atomic E-state index is 0.134. The van der Waals surface area contributed by atoms with Crippen molar-refractivity contribution < 1.29 is 9.50 Å². The summed E-state index contributed by atoms with van der Waals surface area (Å²) in [5.41, 5.74) is 1.77. The Bertz CT molecular complexity index is 841. The standard InChI is InChI=1S/C19H21FN4O/c20-15-6-3-5-14(13-15)9-11-22-19-23-17-8-2-1-7-16(17)18(24-19)21-10-4-12-25/h1-3,5-8,13,25H,4,9-12H2,(H2,21,22,23,24). The van der Waals surface area contributed by atoms with Gasteiger partial charge in [-0.15, -0.1) is 0 Å². The molecule has 0 radical (unpaired) electrons. The third kappa shape index (κ3) is 4.64. The van der Waals surface area contributed by atoms with Crippen molar-refractivity contribution >= 4 is 22.7 Å². The molecule has 0 fully saturated rings. The minimum Gasteiger partial charge on any atom is -0.396 e. The first-order valence-electron chi connectivity index (χ1n) is 8.36. The fourth-order valence-electron chi connectivity index (χ4n) is 2.59. The molecule has 0 spiro atoms. The van der Waals surface area contributed by atoms with Crippen LogP contribution >= 0.6 is 0 Å². The molecule has 0 atom stereocenters. The lowest BCUT2D eigenvalue weighted by Crippen LogP contribution is -2.11. The van der Waals surface area contributed by atoms with Crippen molar-refractivity contribution in [1.82, 2.24) is 9.97 Å². The number of aliphatic hydroxyl groups excluding tert-OH is 1. The smallest absolute Gasteiger partial charge is 0.225 e. The quantitative estimate of drug-likeness (QED) is 0.549. The summed E-state index contributed by atoms with van der Waals surface area (Å²) in [6.45, 7) is 1.38. The zero-order valence-electron chi connectivity index (χ0n) is 13.9. The lowest BCUT2D eigenvalue weighted by molar-refractivity contribution is 0.292. The summed E-state index contributed by atoms with van der Waals surface area (Å²) in [5.74, 6) is 1.05. The lowest BCUT2D eigenvalue weighted by atomic mass is 10.1. The van der Waals surface area contributed by atoms with Crippen LogP contribution in [0.15, 0.2) is 48.5 Å². The molecule has 0 aliphatic rings. The number of para-hydroxylation sites is 1. The summed E-state index contributed by atoms with van der Waals surface area (Å²) >= 11 is 0. The van der Waals surface area contributed by atoms with Crippen LogP contribution in [0.5, 0.6) is 0 Å². The highest BCUT2D eigenvalue weighted by Gasteiger charge is 2.07. The van der Waals surface area contributed by atoms with Gasteiger partial charge in [-0.2, -0.15) is 4.98 Å². The van der Waals surface area contributed by atoms with E-state index in [0.29, 0.717) is 31.9 Å². The van der Waals surface area contributed by atoms with Crippen LogP contribution in [0.3, 0.4) is 0 Å². The molecule has 0 saturated carbocycles. The number of fused-ring (bicyclic) bond motifs is 1. The Labute approximate surface area is 145 Å². The molecule has 0 unspecified atom stereocenters. The number of halogens is 1. The molecule has 0 aliphatic heterocycles. The molecule has 3 aromatic rings. The highest BCUT2D eigenvalue weighted by atomic mass is 19.1. The van der Waals surface area contributed by atoms with E-state index in [-0.39, 0.29) is 12.4 Å². The van der Waals surface area contributed by atoms with E-state index in [0.717, 1.165) is 22.3 Å². The van der Waals surface area contributed by atoms with E-state index in [1.54, 1.807) is 6.07 Å². The molecule has 0 saturated heterocycles. The van der Waals surface area contributed by atoms with Gasteiger partial charge in [0.05, 0.1) is 5.52 Å². The van der Waals surface area contributed by atoms with Crippen LogP contribution < -0.4 is 10.6 Å². The van der Waals surface area contributed by atoms with Crippen LogP contribution in [0.25, 0.3) is 10.9 Å². The van der Waals surface area contributed by atoms with Gasteiger partial charge in [-0.25, -0.2) is 9.37 Å². The van der Waals surface area contributed by atoms with Crippen LogP contribution in [0.4, 0.5) is 16.2 Å². The van der Waals surface area contributed by atoms with Crippen molar-refractivity contribution in [3.8, 4) is 0 Å². The predicted octanol–water partition coefficient (Wildman–Crippen LogP) is 3.22. The van der Waals surface area contributed by atoms with Crippen LogP contribution in [-0.4, -0.2) is 34.8 Å². The number of nitrogens with one attached hydrogen (secondary N) is 2. The fraction of sp³-hybridized carbons (Fsp3) is 0.263. The summed E-state index contributed by atoms with van der Waals surface area (Å²) in [7, 11) is 0. The maximum absolute atomic E-state index is 13.2. The monoisotopic (exact) mass is 340 g/mol. The summed E-state index contributed by atoms with van der Waals surface area (Å²) in [6.07, 6.45) is 1.34. The Morgan fingerprint density at radius 1 is 0.960 bits per heavy atom. The van der Waals surface area contributed by atoms with E-state index in [1.807, 2.05) is 30.3 Å². The second-order valence-electron chi connectivity index (χ2n) is 5.72. The van der Waals surface area contributed by atoms with E-state index in [2.05, 4.69) is 20.6 Å². The van der Waals surface area contributed by atoms with Gasteiger partial charge in [-0.1, -0.05) is 24.3 Å². The Morgan fingerprint density at radius 3 is 2.68 bits per heavy atom. The van der Waals surface area contributed by atoms with E-state index in [4.69, 9.17) is 5.11 Å². The predicted molar refractivity (Wildman–Crippen MR) is 98.3 cm³/mol. The maximum Gasteiger partial charge on any atom is 0.225 e. The Balaban J connectivity index is 1.72. The first-order chi connectivity index (χ1) is 12.3. The summed E-state index contributed by atoms with van der Waals surface area (Å²) in [4.78, 5) is 9.06. The highest BCUT2D eigenvalue weighted by Crippen LogP contribution is 2.21. The Kier molecular flexibility index (Phi) is 5.74. The third-order valence-electron chi connectivity index (χ3n) is 3.82. The molecule has 2 aromatic carbocycles. The van der Waals surface area contributed by atoms with Gasteiger partial charge in [0.25, 0.3) is 0 Å². The van der Waals surface area contributed by atoms with E-state index < -0.39 is 0 Å². The first kappa shape index (κ1) is 17.1. The van der Waals surface area contributed by atoms with E-state index in [9.17, 15) is 4.39 Å². The number of rotatable bonds is 8. The molecule has 3 N–H and O–H groups in total. The second kappa shape index (κ2) is 8.39. The van der Waals surface area contributed by atoms with Gasteiger partial charge in [-0.3, -0.25) is 0 Å². The van der Waals surface area contributed by atoms with Crippen LogP contribution in [0.2, 0.25) is 0 Å². The van der Waals surface area contributed by atoms with Gasteiger partial charge < -0.3 is 15.7 Å². The van der Waals surface area contributed by atoms with Gasteiger partial charge in [0, 0.05) is 25.1 Å². The normalized spacial score (nSPS) is 10.8. The minimum atomic E-state index is -0.227. The number of aliphatic hydroxyl groups is 1. The molecule has 1 heterocycles. The molecule has 3 rings (SSSR count). The summed E-state index contributed by atoms with van der Waals surface area (Å²) in [5, 5.41) is 16.3. The van der Waals surface area contributed by atoms with Gasteiger partial charge in [0.2, 0.25) is 5.95 Å². The van der Waals surface area contributed by atoms with Gasteiger partial charge in [0.1, 0.15) is 11.6 Å². The number of hydrogen-bond acceptors (Lipinski definition) is 5. The molecule has 0 amide bonds. The zero-order chi connectivity index (χ0) is 17.5. The maximum atomic E-state index is 13.2. The molecule has 25 heavy (non-hydrogen) atoms. The van der Waals surface area contributed by atoms with E-state index >= 15 is 0 Å². The van der Waals surface area contributed by atoms with Crippen molar-refractivity contribution in [1.29, 1.82) is 0 Å². The molecule has 5 nitrogen and oxygen atoms in total. The van der Waals surface area contributed by atoms with Crippen LogP contribution in [0.1, 0.15) is 12.0 Å². The molecular formula is C19H21FN4O. The highest BCUT2D eigenvalue weighted by molar-refractivity contribution is 5.89. The molecule has 0 bridgehead atoms. The van der Waals surface area contributed by atoms with Gasteiger partial charge in [-0.05, 0) is 42.7 Å². The van der Waals surface area contributed by atoms with Crippen LogP contribution in [0, 0.1) is 5.82 Å². The second-order valence-corrected chi connectivity index (χ2v) is 5.72. The largest absolute Gasteiger partial charge is 0.396 e. The number of nitrogens with zero attached hydrogens (tertiary/aromatic N) is 2. The number of aromatic nitrogens is 2. The average Bonchev–Trinajstić information content (AvgIpc) is 2.62. The molecule has 6 heteroatoms. The van der Waals surface area contributed by atoms with E-state index in [1.165, 1.54) is 12.1 Å². The zero-order valence-corrected chi connectivity index (χ0v) is 13.9. The van der Waals surface area contributed by atoms with Gasteiger partial charge in [0.15, 0.2) is 0 Å². The lowest BCUT2D eigenvalue weighted by Gasteiger charge is -2.11. The molecule has 1 aromatic heterocycles. The SMILES string of the molecule is OCCCNc1nc(NCCc2cccc(F)c2)nc2ccccc12. The molecule has 0 aliphatic carbocycles. The van der Waals surface area contributed by atoms with Crippen molar-refractivity contribution in [2.45, 2.75) is 12.8 Å². The van der Waals surface area contributed by atoms with Crippen molar-refractivity contribution in [2.75, 3.05) is 30.3 Å².